The first kappa shape index (κ1) is 24.4. The van der Waals surface area contributed by atoms with Crippen molar-refractivity contribution in [2.45, 2.75) is 32.3 Å². The molecular weight excluding hydrogens is 488 g/mol. The molecule has 2 bridgehead atoms. The van der Waals surface area contributed by atoms with Crippen molar-refractivity contribution in [1.82, 2.24) is 15.0 Å². The minimum absolute atomic E-state index is 0.178. The number of nitrogens with zero attached hydrogens (tertiary/aromatic N) is 5. The number of fused-ring (bicyclic) bond motifs is 3. The van der Waals surface area contributed by atoms with E-state index in [1.54, 1.807) is 6.20 Å². The number of nitrogens with one attached hydrogen (secondary N) is 1. The quantitative estimate of drug-likeness (QED) is 0.499. The molecule has 6 rings (SSSR count). The molecule has 3 aromatic rings. The van der Waals surface area contributed by atoms with Gasteiger partial charge in [0.1, 0.15) is 21.5 Å². The average Bonchev–Trinajstić information content (AvgIpc) is 3.17. The van der Waals surface area contributed by atoms with E-state index in [0.29, 0.717) is 17.7 Å². The summed E-state index contributed by atoms with van der Waals surface area (Å²) in [5.41, 5.74) is 2.36. The summed E-state index contributed by atoms with van der Waals surface area (Å²) < 4.78 is 29.2. The van der Waals surface area contributed by atoms with Gasteiger partial charge < -0.3 is 19.9 Å². The maximum atomic E-state index is 11.7. The standard InChI is InChI=1S/C27H34N6O3S/c1-17(2)21-4-5-24(32-12-19(13-32)16-37(3,34)35)23-10-29-26(9-22(21)23)30-25-6-7-28-27(31-25)33-11-18-8-20(14-33)36-15-18/h4-7,9-10,17-20H,8,11-16H2,1-3H3,(H,28,29,30,31). The number of aromatic nitrogens is 3. The van der Waals surface area contributed by atoms with Gasteiger partial charge in [0.2, 0.25) is 5.95 Å². The van der Waals surface area contributed by atoms with E-state index in [9.17, 15) is 8.42 Å². The number of sulfone groups is 1. The first-order valence-corrected chi connectivity index (χ1v) is 15.1. The van der Waals surface area contributed by atoms with Gasteiger partial charge in [-0.3, -0.25) is 0 Å². The molecule has 5 heterocycles. The second-order valence-corrected chi connectivity index (χ2v) is 13.3. The van der Waals surface area contributed by atoms with Crippen LogP contribution in [-0.2, 0) is 14.6 Å². The molecule has 196 valence electrons. The lowest BCUT2D eigenvalue weighted by Crippen LogP contribution is -2.49. The molecule has 2 atom stereocenters. The molecule has 9 nitrogen and oxygen atoms in total. The van der Waals surface area contributed by atoms with E-state index in [1.165, 1.54) is 11.8 Å². The number of ether oxygens (including phenoxy) is 1. The summed E-state index contributed by atoms with van der Waals surface area (Å²) in [6, 6.07) is 8.30. The Balaban J connectivity index is 1.25. The first-order chi connectivity index (χ1) is 17.7. The van der Waals surface area contributed by atoms with Crippen molar-refractivity contribution in [3.05, 3.63) is 42.2 Å². The van der Waals surface area contributed by atoms with Gasteiger partial charge in [-0.1, -0.05) is 19.9 Å². The van der Waals surface area contributed by atoms with Gasteiger partial charge in [-0.25, -0.2) is 18.4 Å². The Morgan fingerprint density at radius 3 is 2.65 bits per heavy atom. The molecule has 0 saturated carbocycles. The van der Waals surface area contributed by atoms with Crippen LogP contribution in [0.2, 0.25) is 0 Å². The van der Waals surface area contributed by atoms with Crippen LogP contribution in [0.3, 0.4) is 0 Å². The van der Waals surface area contributed by atoms with Crippen molar-refractivity contribution < 1.29 is 13.2 Å². The zero-order valence-electron chi connectivity index (χ0n) is 21.6. The fraction of sp³-hybridized carbons (Fsp3) is 0.519. The molecule has 3 fully saturated rings. The van der Waals surface area contributed by atoms with Gasteiger partial charge >= 0.3 is 0 Å². The van der Waals surface area contributed by atoms with Crippen LogP contribution in [0.5, 0.6) is 0 Å². The lowest BCUT2D eigenvalue weighted by Gasteiger charge is -2.41. The largest absolute Gasteiger partial charge is 0.376 e. The average molecular weight is 523 g/mol. The van der Waals surface area contributed by atoms with E-state index >= 15 is 0 Å². The fourth-order valence-corrected chi connectivity index (χ4v) is 6.99. The lowest BCUT2D eigenvalue weighted by molar-refractivity contribution is 0.119. The number of hydrogen-bond acceptors (Lipinski definition) is 9. The highest BCUT2D eigenvalue weighted by Gasteiger charge is 2.35. The van der Waals surface area contributed by atoms with Crippen LogP contribution < -0.4 is 15.1 Å². The first-order valence-electron chi connectivity index (χ1n) is 13.0. The zero-order valence-corrected chi connectivity index (χ0v) is 22.4. The summed E-state index contributed by atoms with van der Waals surface area (Å²) >= 11 is 0. The second-order valence-electron chi connectivity index (χ2n) is 11.1. The topological polar surface area (TPSA) is 101 Å². The minimum atomic E-state index is -2.97. The van der Waals surface area contributed by atoms with Gasteiger partial charge in [0.15, 0.2) is 0 Å². The Morgan fingerprint density at radius 2 is 1.89 bits per heavy atom. The van der Waals surface area contributed by atoms with E-state index in [1.807, 2.05) is 12.3 Å². The third kappa shape index (κ3) is 5.09. The summed E-state index contributed by atoms with van der Waals surface area (Å²) in [6.45, 7) is 8.47. The summed E-state index contributed by atoms with van der Waals surface area (Å²) in [4.78, 5) is 18.5. The molecular formula is C27H34N6O3S. The molecule has 0 amide bonds. The van der Waals surface area contributed by atoms with Crippen molar-refractivity contribution in [2.24, 2.45) is 11.8 Å². The molecule has 10 heteroatoms. The van der Waals surface area contributed by atoms with Crippen molar-refractivity contribution >= 4 is 43.9 Å². The third-order valence-electron chi connectivity index (χ3n) is 7.62. The van der Waals surface area contributed by atoms with Crippen LogP contribution in [0, 0.1) is 11.8 Å². The van der Waals surface area contributed by atoms with Crippen LogP contribution in [-0.4, -0.2) is 74.3 Å². The van der Waals surface area contributed by atoms with Gasteiger partial charge in [-0.05, 0) is 41.5 Å². The van der Waals surface area contributed by atoms with Crippen molar-refractivity contribution in [1.29, 1.82) is 0 Å². The molecule has 37 heavy (non-hydrogen) atoms. The van der Waals surface area contributed by atoms with Crippen molar-refractivity contribution in [3.8, 4) is 0 Å². The summed E-state index contributed by atoms with van der Waals surface area (Å²) in [5, 5.41) is 5.62. The lowest BCUT2D eigenvalue weighted by atomic mass is 9.93. The third-order valence-corrected chi connectivity index (χ3v) is 8.70. The van der Waals surface area contributed by atoms with Crippen LogP contribution in [0.25, 0.3) is 10.8 Å². The summed E-state index contributed by atoms with van der Waals surface area (Å²) in [7, 11) is -2.97. The molecule has 0 radical (unpaired) electrons. The van der Waals surface area contributed by atoms with Crippen LogP contribution in [0.1, 0.15) is 31.7 Å². The predicted octanol–water partition coefficient (Wildman–Crippen LogP) is 3.60. The van der Waals surface area contributed by atoms with Gasteiger partial charge in [0.05, 0.1) is 18.5 Å². The Bertz CT molecular complexity index is 1410. The zero-order chi connectivity index (χ0) is 25.7. The monoisotopic (exact) mass is 522 g/mol. The van der Waals surface area contributed by atoms with Gasteiger partial charge in [0.25, 0.3) is 0 Å². The van der Waals surface area contributed by atoms with Gasteiger partial charge in [-0.2, -0.15) is 4.98 Å². The van der Waals surface area contributed by atoms with E-state index in [2.05, 4.69) is 52.1 Å². The van der Waals surface area contributed by atoms with Crippen LogP contribution in [0.4, 0.5) is 23.3 Å². The maximum absolute atomic E-state index is 11.7. The highest BCUT2D eigenvalue weighted by atomic mass is 32.2. The van der Waals surface area contributed by atoms with E-state index in [-0.39, 0.29) is 17.8 Å². The number of pyridine rings is 1. The molecule has 1 N–H and O–H groups in total. The Labute approximate surface area is 218 Å². The summed E-state index contributed by atoms with van der Waals surface area (Å²) in [5.74, 6) is 3.49. The van der Waals surface area contributed by atoms with Crippen LogP contribution in [0.15, 0.2) is 36.7 Å². The normalized spacial score (nSPS) is 22.1. The summed E-state index contributed by atoms with van der Waals surface area (Å²) in [6.07, 6.45) is 6.43. The predicted molar refractivity (Wildman–Crippen MR) is 147 cm³/mol. The molecule has 3 aliphatic rings. The minimum Gasteiger partial charge on any atom is -0.376 e. The molecule has 0 aliphatic carbocycles. The van der Waals surface area contributed by atoms with E-state index in [0.717, 1.165) is 67.4 Å². The maximum Gasteiger partial charge on any atom is 0.227 e. The number of hydrogen-bond donors (Lipinski definition) is 1. The highest BCUT2D eigenvalue weighted by Crippen LogP contribution is 2.37. The van der Waals surface area contributed by atoms with E-state index < -0.39 is 9.84 Å². The Kier molecular flexibility index (Phi) is 6.19. The number of rotatable bonds is 7. The van der Waals surface area contributed by atoms with Crippen molar-refractivity contribution in [2.75, 3.05) is 59.9 Å². The van der Waals surface area contributed by atoms with Crippen LogP contribution >= 0.6 is 0 Å². The molecule has 3 aliphatic heterocycles. The molecule has 2 aromatic heterocycles. The van der Waals surface area contributed by atoms with E-state index in [4.69, 9.17) is 14.7 Å². The van der Waals surface area contributed by atoms with Gasteiger partial charge in [0, 0.05) is 67.7 Å². The second kappa shape index (κ2) is 9.40. The molecule has 2 unspecified atom stereocenters. The number of piperidine rings is 1. The molecule has 1 aromatic carbocycles. The molecule has 3 saturated heterocycles. The Morgan fingerprint density at radius 1 is 1.05 bits per heavy atom. The Hall–Kier alpha value is -2.98. The van der Waals surface area contributed by atoms with Gasteiger partial charge in [-0.15, -0.1) is 0 Å². The number of anilines is 4. The fourth-order valence-electron chi connectivity index (χ4n) is 5.93. The highest BCUT2D eigenvalue weighted by molar-refractivity contribution is 7.90. The molecule has 0 spiro atoms. The smallest absolute Gasteiger partial charge is 0.227 e. The number of benzene rings is 1. The van der Waals surface area contributed by atoms with Crippen molar-refractivity contribution in [3.63, 3.8) is 0 Å². The SMILES string of the molecule is CC(C)c1ccc(N2CC(CS(C)(=O)=O)C2)c2cnc(Nc3ccnc(N4CC5COC(C5)C4)n3)cc12.